The summed E-state index contributed by atoms with van der Waals surface area (Å²) in [6.07, 6.45) is -2.11. The summed E-state index contributed by atoms with van der Waals surface area (Å²) < 4.78 is 5.10. The number of hydrogen-bond donors (Lipinski definition) is 4. The van der Waals surface area contributed by atoms with E-state index in [1.807, 2.05) is 0 Å². The van der Waals surface area contributed by atoms with Gasteiger partial charge in [0.15, 0.2) is 6.10 Å². The summed E-state index contributed by atoms with van der Waals surface area (Å²) in [6.45, 7) is 1.62. The molecule has 0 saturated carbocycles. The molecule has 0 amide bonds. The minimum atomic E-state index is -2.62. The number of carbonyl (C=O) groups is 4. The SMILES string of the molecule is Cc1cccc(C2(C(=O)O)OC(C(=O)O)C(C(=O)O)C2C(=O)O)c1. The van der Waals surface area contributed by atoms with Gasteiger partial charge in [-0.15, -0.1) is 0 Å². The molecule has 9 nitrogen and oxygen atoms in total. The topological polar surface area (TPSA) is 158 Å². The van der Waals surface area contributed by atoms with Gasteiger partial charge < -0.3 is 25.2 Å². The summed E-state index contributed by atoms with van der Waals surface area (Å²) in [6, 6.07) is 5.65. The highest BCUT2D eigenvalue weighted by atomic mass is 16.6. The molecule has 4 N–H and O–H groups in total. The molecular weight excluding hydrogens is 324 g/mol. The standard InChI is InChI=1S/C15H14O9/c1-6-3-2-4-7(5-6)15(14(22)23)9(12(18)19)8(11(16)17)10(24-15)13(20)21/h2-5,8-10H,1H3,(H,16,17)(H,18,19)(H,20,21)(H,22,23). The average molecular weight is 338 g/mol. The van der Waals surface area contributed by atoms with E-state index in [1.165, 1.54) is 18.2 Å². The van der Waals surface area contributed by atoms with Crippen molar-refractivity contribution in [2.45, 2.75) is 18.6 Å². The minimum Gasteiger partial charge on any atom is -0.481 e. The number of ether oxygens (including phenoxy) is 1. The molecular formula is C15H14O9. The number of aryl methyl sites for hydroxylation is 1. The van der Waals surface area contributed by atoms with Crippen LogP contribution in [0, 0.1) is 18.8 Å². The van der Waals surface area contributed by atoms with E-state index < -0.39 is 47.4 Å². The van der Waals surface area contributed by atoms with Crippen molar-refractivity contribution in [3.8, 4) is 0 Å². The molecule has 4 unspecified atom stereocenters. The Morgan fingerprint density at radius 3 is 2.04 bits per heavy atom. The monoisotopic (exact) mass is 338 g/mol. The van der Waals surface area contributed by atoms with Crippen LogP contribution in [0.3, 0.4) is 0 Å². The second-order valence-electron chi connectivity index (χ2n) is 5.47. The Balaban J connectivity index is 2.77. The van der Waals surface area contributed by atoms with Crippen LogP contribution < -0.4 is 0 Å². The third-order valence-electron chi connectivity index (χ3n) is 4.00. The van der Waals surface area contributed by atoms with Crippen molar-refractivity contribution in [1.82, 2.24) is 0 Å². The summed E-state index contributed by atoms with van der Waals surface area (Å²) in [5, 5.41) is 37.5. The van der Waals surface area contributed by atoms with Crippen LogP contribution >= 0.6 is 0 Å². The Kier molecular flexibility index (Phi) is 4.30. The lowest BCUT2D eigenvalue weighted by atomic mass is 9.75. The number of carboxylic acids is 4. The van der Waals surface area contributed by atoms with Crippen molar-refractivity contribution >= 4 is 23.9 Å². The molecule has 2 rings (SSSR count). The summed E-state index contributed by atoms with van der Waals surface area (Å²) in [5.41, 5.74) is -2.17. The zero-order chi connectivity index (χ0) is 18.2. The van der Waals surface area contributed by atoms with Crippen LogP contribution in [0.15, 0.2) is 24.3 Å². The highest BCUT2D eigenvalue weighted by molar-refractivity contribution is 5.95. The number of rotatable bonds is 5. The largest absolute Gasteiger partial charge is 0.481 e. The van der Waals surface area contributed by atoms with E-state index in [0.29, 0.717) is 5.56 Å². The first-order valence-electron chi connectivity index (χ1n) is 6.79. The lowest BCUT2D eigenvalue weighted by Crippen LogP contribution is -2.47. The van der Waals surface area contributed by atoms with Gasteiger partial charge in [0.05, 0.1) is 0 Å². The van der Waals surface area contributed by atoms with Gasteiger partial charge in [-0.1, -0.05) is 29.8 Å². The Morgan fingerprint density at radius 1 is 1.00 bits per heavy atom. The van der Waals surface area contributed by atoms with Gasteiger partial charge in [0.25, 0.3) is 0 Å². The van der Waals surface area contributed by atoms with E-state index in [9.17, 15) is 39.6 Å². The van der Waals surface area contributed by atoms with Crippen LogP contribution in [-0.2, 0) is 29.5 Å². The van der Waals surface area contributed by atoms with Crippen LogP contribution in [-0.4, -0.2) is 50.4 Å². The number of hydrogen-bond acceptors (Lipinski definition) is 5. The molecule has 0 aliphatic carbocycles. The van der Waals surface area contributed by atoms with E-state index in [4.69, 9.17) is 4.74 Å². The maximum Gasteiger partial charge on any atom is 0.341 e. The molecule has 9 heteroatoms. The van der Waals surface area contributed by atoms with Crippen LogP contribution in [0.25, 0.3) is 0 Å². The second-order valence-corrected chi connectivity index (χ2v) is 5.47. The highest BCUT2D eigenvalue weighted by Crippen LogP contribution is 2.48. The van der Waals surface area contributed by atoms with E-state index >= 15 is 0 Å². The van der Waals surface area contributed by atoms with Gasteiger partial charge in [0.1, 0.15) is 11.8 Å². The zero-order valence-electron chi connectivity index (χ0n) is 12.4. The van der Waals surface area contributed by atoms with Crippen molar-refractivity contribution in [1.29, 1.82) is 0 Å². The Bertz CT molecular complexity index is 725. The lowest BCUT2D eigenvalue weighted by molar-refractivity contribution is -0.181. The molecule has 128 valence electrons. The smallest absolute Gasteiger partial charge is 0.341 e. The molecule has 1 heterocycles. The van der Waals surface area contributed by atoms with E-state index in [0.717, 1.165) is 0 Å². The zero-order valence-corrected chi connectivity index (χ0v) is 12.4. The highest BCUT2D eigenvalue weighted by Gasteiger charge is 2.68. The maximum atomic E-state index is 11.9. The lowest BCUT2D eigenvalue weighted by Gasteiger charge is -2.29. The number of benzene rings is 1. The molecule has 1 aliphatic rings. The summed E-state index contributed by atoms with van der Waals surface area (Å²) in [4.78, 5) is 46.3. The second kappa shape index (κ2) is 5.93. The molecule has 1 aromatic rings. The fourth-order valence-electron chi connectivity index (χ4n) is 3.01. The third kappa shape index (κ3) is 2.48. The van der Waals surface area contributed by atoms with Crippen molar-refractivity contribution < 1.29 is 44.3 Å². The fraction of sp³-hybridized carbons (Fsp3) is 0.333. The molecule has 1 saturated heterocycles. The van der Waals surface area contributed by atoms with Crippen LogP contribution in [0.1, 0.15) is 11.1 Å². The normalized spacial score (nSPS) is 29.1. The van der Waals surface area contributed by atoms with E-state index in [-0.39, 0.29) is 5.56 Å². The van der Waals surface area contributed by atoms with Crippen molar-refractivity contribution in [3.63, 3.8) is 0 Å². The Hall–Kier alpha value is -2.94. The van der Waals surface area contributed by atoms with Crippen molar-refractivity contribution in [3.05, 3.63) is 35.4 Å². The molecule has 24 heavy (non-hydrogen) atoms. The molecule has 1 aromatic carbocycles. The van der Waals surface area contributed by atoms with Gasteiger partial charge in [-0.2, -0.15) is 0 Å². The van der Waals surface area contributed by atoms with Crippen LogP contribution in [0.2, 0.25) is 0 Å². The van der Waals surface area contributed by atoms with Gasteiger partial charge in [-0.25, -0.2) is 9.59 Å². The first-order valence-corrected chi connectivity index (χ1v) is 6.79. The van der Waals surface area contributed by atoms with Gasteiger partial charge in [-0.05, 0) is 12.5 Å². The van der Waals surface area contributed by atoms with E-state index in [1.54, 1.807) is 13.0 Å². The Labute approximate surface area is 135 Å². The molecule has 1 fully saturated rings. The predicted molar refractivity (Wildman–Crippen MR) is 75.3 cm³/mol. The predicted octanol–water partition coefficient (Wildman–Crippen LogP) is 0.160. The first kappa shape index (κ1) is 17.4. The summed E-state index contributed by atoms with van der Waals surface area (Å²) in [7, 11) is 0. The van der Waals surface area contributed by atoms with Crippen molar-refractivity contribution in [2.75, 3.05) is 0 Å². The molecule has 0 bridgehead atoms. The maximum absolute atomic E-state index is 11.9. The van der Waals surface area contributed by atoms with Gasteiger partial charge in [0.2, 0.25) is 5.60 Å². The van der Waals surface area contributed by atoms with Gasteiger partial charge in [0, 0.05) is 0 Å². The number of carboxylic acid groups (broad SMARTS) is 4. The molecule has 0 radical (unpaired) electrons. The summed E-state index contributed by atoms with van der Waals surface area (Å²) in [5.74, 6) is -11.2. The molecule has 4 atom stereocenters. The van der Waals surface area contributed by atoms with E-state index in [2.05, 4.69) is 0 Å². The first-order chi connectivity index (χ1) is 11.1. The minimum absolute atomic E-state index is 0.127. The Morgan fingerprint density at radius 2 is 1.62 bits per heavy atom. The van der Waals surface area contributed by atoms with Crippen LogP contribution in [0.4, 0.5) is 0 Å². The summed E-state index contributed by atoms with van der Waals surface area (Å²) >= 11 is 0. The van der Waals surface area contributed by atoms with Crippen molar-refractivity contribution in [2.24, 2.45) is 11.8 Å². The quantitative estimate of drug-likeness (QED) is 0.586. The number of aliphatic carboxylic acids is 4. The molecule has 1 aliphatic heterocycles. The van der Waals surface area contributed by atoms with Gasteiger partial charge in [-0.3, -0.25) is 9.59 Å². The average Bonchev–Trinajstić information content (AvgIpc) is 2.85. The fourth-order valence-corrected chi connectivity index (χ4v) is 3.01. The van der Waals surface area contributed by atoms with Crippen LogP contribution in [0.5, 0.6) is 0 Å². The molecule has 0 aromatic heterocycles. The third-order valence-corrected chi connectivity index (χ3v) is 4.00. The van der Waals surface area contributed by atoms with Gasteiger partial charge >= 0.3 is 23.9 Å². The molecule has 0 spiro atoms.